The van der Waals surface area contributed by atoms with Gasteiger partial charge in [-0.3, -0.25) is 14.5 Å². The lowest BCUT2D eigenvalue weighted by atomic mass is 9.48. The second-order valence-electron chi connectivity index (χ2n) is 12.6. The minimum Gasteiger partial charge on any atom is -0.469 e. The van der Waals surface area contributed by atoms with Crippen LogP contribution in [-0.2, 0) is 14.3 Å². The molecule has 3 atom stereocenters. The third kappa shape index (κ3) is 4.13. The van der Waals surface area contributed by atoms with Crippen molar-refractivity contribution >= 4 is 18.0 Å². The quantitative estimate of drug-likeness (QED) is 0.622. The molecule has 186 valence electrons. The van der Waals surface area contributed by atoms with Gasteiger partial charge in [0.2, 0.25) is 5.91 Å². The Labute approximate surface area is 197 Å². The second-order valence-corrected chi connectivity index (χ2v) is 12.6. The Balaban J connectivity index is 1.46. The van der Waals surface area contributed by atoms with E-state index in [1.54, 1.807) is 0 Å². The first-order chi connectivity index (χ1) is 15.3. The van der Waals surface area contributed by atoms with E-state index in [0.717, 1.165) is 32.1 Å². The molecule has 4 saturated carbocycles. The Morgan fingerprint density at radius 3 is 2.12 bits per heavy atom. The van der Waals surface area contributed by atoms with Crippen LogP contribution in [0.3, 0.4) is 0 Å². The minimum absolute atomic E-state index is 0.00326. The molecule has 3 unspecified atom stereocenters. The molecule has 0 aromatic rings. The van der Waals surface area contributed by atoms with Crippen molar-refractivity contribution in [2.24, 2.45) is 28.6 Å². The van der Waals surface area contributed by atoms with E-state index in [1.165, 1.54) is 12.0 Å². The zero-order valence-corrected chi connectivity index (χ0v) is 21.0. The van der Waals surface area contributed by atoms with Crippen molar-refractivity contribution in [1.82, 2.24) is 15.1 Å². The SMILES string of the molecule is COC(=O)C12CC3CC(C1)C(NC(=O)C(C)(C)N1CCN(C(=O)O)C(C(C)(C)C)C1)C(C3)C2. The smallest absolute Gasteiger partial charge is 0.407 e. The number of ether oxygens (including phenoxy) is 1. The van der Waals surface area contributed by atoms with Gasteiger partial charge in [-0.2, -0.15) is 0 Å². The highest BCUT2D eigenvalue weighted by molar-refractivity contribution is 5.86. The van der Waals surface area contributed by atoms with Crippen molar-refractivity contribution in [2.45, 2.75) is 84.3 Å². The van der Waals surface area contributed by atoms with Crippen molar-refractivity contribution in [3.63, 3.8) is 0 Å². The van der Waals surface area contributed by atoms with Crippen LogP contribution in [0.25, 0.3) is 0 Å². The topological polar surface area (TPSA) is 99.2 Å². The van der Waals surface area contributed by atoms with Gasteiger partial charge >= 0.3 is 12.1 Å². The highest BCUT2D eigenvalue weighted by Crippen LogP contribution is 2.60. The third-order valence-corrected chi connectivity index (χ3v) is 9.16. The maximum atomic E-state index is 13.6. The Kier molecular flexibility index (Phi) is 5.99. The van der Waals surface area contributed by atoms with E-state index < -0.39 is 11.6 Å². The molecule has 5 fully saturated rings. The summed E-state index contributed by atoms with van der Waals surface area (Å²) in [5.41, 5.74) is -1.33. The molecule has 1 saturated heterocycles. The number of hydrogen-bond acceptors (Lipinski definition) is 5. The molecule has 0 spiro atoms. The van der Waals surface area contributed by atoms with Gasteiger partial charge in [0.1, 0.15) is 0 Å². The number of rotatable bonds is 4. The van der Waals surface area contributed by atoms with Crippen LogP contribution < -0.4 is 5.32 Å². The average Bonchev–Trinajstić information content (AvgIpc) is 2.73. The third-order valence-electron chi connectivity index (χ3n) is 9.16. The highest BCUT2D eigenvalue weighted by atomic mass is 16.5. The second kappa shape index (κ2) is 8.14. The predicted octanol–water partition coefficient (Wildman–Crippen LogP) is 2.96. The van der Waals surface area contributed by atoms with Crippen LogP contribution in [0.5, 0.6) is 0 Å². The van der Waals surface area contributed by atoms with Gasteiger partial charge < -0.3 is 20.1 Å². The summed E-state index contributed by atoms with van der Waals surface area (Å²) in [6, 6.07) is -0.0817. The van der Waals surface area contributed by atoms with Crippen molar-refractivity contribution in [3.05, 3.63) is 0 Å². The summed E-state index contributed by atoms with van der Waals surface area (Å²) in [6.45, 7) is 11.5. The number of carbonyl (C=O) groups is 3. The zero-order valence-electron chi connectivity index (χ0n) is 21.0. The highest BCUT2D eigenvalue weighted by Gasteiger charge is 2.59. The maximum Gasteiger partial charge on any atom is 0.407 e. The maximum absolute atomic E-state index is 13.6. The monoisotopic (exact) mass is 463 g/mol. The summed E-state index contributed by atoms with van der Waals surface area (Å²) in [5.74, 6) is 1.13. The first-order valence-corrected chi connectivity index (χ1v) is 12.4. The van der Waals surface area contributed by atoms with Gasteiger partial charge in [0, 0.05) is 25.7 Å². The van der Waals surface area contributed by atoms with Crippen molar-refractivity contribution < 1.29 is 24.2 Å². The van der Waals surface area contributed by atoms with Crippen LogP contribution in [0, 0.1) is 28.6 Å². The minimum atomic E-state index is -0.898. The molecule has 8 nitrogen and oxygen atoms in total. The van der Waals surface area contributed by atoms with Crippen LogP contribution in [0.2, 0.25) is 0 Å². The molecule has 2 N–H and O–H groups in total. The molecule has 2 amide bonds. The molecule has 0 aromatic heterocycles. The van der Waals surface area contributed by atoms with Gasteiger partial charge in [-0.15, -0.1) is 0 Å². The predicted molar refractivity (Wildman–Crippen MR) is 124 cm³/mol. The number of amides is 2. The Bertz CT molecular complexity index is 803. The number of nitrogens with zero attached hydrogens (tertiary/aromatic N) is 2. The van der Waals surface area contributed by atoms with Gasteiger partial charge in [0.05, 0.1) is 24.1 Å². The number of methoxy groups -OCH3 is 1. The number of hydrogen-bond donors (Lipinski definition) is 2. The molecule has 1 heterocycles. The van der Waals surface area contributed by atoms with Crippen LogP contribution in [-0.4, -0.2) is 77.2 Å². The molecule has 1 aliphatic heterocycles. The van der Waals surface area contributed by atoms with E-state index in [1.807, 2.05) is 13.8 Å². The van der Waals surface area contributed by atoms with Crippen LogP contribution in [0.15, 0.2) is 0 Å². The first-order valence-electron chi connectivity index (χ1n) is 12.4. The number of carboxylic acid groups (broad SMARTS) is 1. The fourth-order valence-electron chi connectivity index (χ4n) is 7.46. The molecule has 4 aliphatic carbocycles. The number of carbonyl (C=O) groups excluding carboxylic acids is 2. The molecular formula is C25H41N3O5. The molecule has 8 heteroatoms. The Morgan fingerprint density at radius 2 is 1.61 bits per heavy atom. The van der Waals surface area contributed by atoms with Gasteiger partial charge in [0.15, 0.2) is 0 Å². The summed E-state index contributed by atoms with van der Waals surface area (Å²) >= 11 is 0. The lowest BCUT2D eigenvalue weighted by molar-refractivity contribution is -0.172. The lowest BCUT2D eigenvalue weighted by Gasteiger charge is -2.59. The van der Waals surface area contributed by atoms with E-state index >= 15 is 0 Å². The van der Waals surface area contributed by atoms with E-state index in [2.05, 4.69) is 31.0 Å². The van der Waals surface area contributed by atoms with Crippen molar-refractivity contribution in [1.29, 1.82) is 0 Å². The Morgan fingerprint density at radius 1 is 1.00 bits per heavy atom. The van der Waals surface area contributed by atoms with Crippen molar-refractivity contribution in [2.75, 3.05) is 26.7 Å². The molecule has 0 radical (unpaired) electrons. The van der Waals surface area contributed by atoms with E-state index in [4.69, 9.17) is 4.74 Å². The van der Waals surface area contributed by atoms with E-state index in [-0.39, 0.29) is 34.8 Å². The molecule has 0 aromatic carbocycles. The molecule has 33 heavy (non-hydrogen) atoms. The molecule has 4 bridgehead atoms. The standard InChI is InChI=1S/C25H41N3O5/c1-23(2,3)18-14-27(7-8-28(18)22(31)32)24(4,5)20(29)26-19-16-9-15-10-17(19)13-25(11-15,12-16)21(30)33-6/h15-19H,7-14H2,1-6H3,(H,26,29)(H,31,32). The van der Waals surface area contributed by atoms with Gasteiger partial charge in [-0.05, 0) is 69.1 Å². The summed E-state index contributed by atoms with van der Waals surface area (Å²) in [5, 5.41) is 13.1. The van der Waals surface area contributed by atoms with Crippen LogP contribution >= 0.6 is 0 Å². The number of esters is 1. The number of piperazine rings is 1. The van der Waals surface area contributed by atoms with Gasteiger partial charge in [-0.1, -0.05) is 20.8 Å². The average molecular weight is 464 g/mol. The first kappa shape index (κ1) is 24.3. The van der Waals surface area contributed by atoms with Crippen molar-refractivity contribution in [3.8, 4) is 0 Å². The largest absolute Gasteiger partial charge is 0.469 e. The summed E-state index contributed by atoms with van der Waals surface area (Å²) in [6.07, 6.45) is 3.79. The zero-order chi connectivity index (χ0) is 24.3. The summed E-state index contributed by atoms with van der Waals surface area (Å²) in [4.78, 5) is 41.7. The van der Waals surface area contributed by atoms with Crippen LogP contribution in [0.1, 0.15) is 66.7 Å². The summed E-state index contributed by atoms with van der Waals surface area (Å²) < 4.78 is 5.17. The fourth-order valence-corrected chi connectivity index (χ4v) is 7.46. The van der Waals surface area contributed by atoms with E-state index in [9.17, 15) is 19.5 Å². The molecular weight excluding hydrogens is 422 g/mol. The van der Waals surface area contributed by atoms with Crippen LogP contribution in [0.4, 0.5) is 4.79 Å². The summed E-state index contributed by atoms with van der Waals surface area (Å²) in [7, 11) is 1.48. The molecule has 5 aliphatic rings. The van der Waals surface area contributed by atoms with E-state index in [0.29, 0.717) is 37.4 Å². The van der Waals surface area contributed by atoms with Gasteiger partial charge in [-0.25, -0.2) is 4.79 Å². The lowest BCUT2D eigenvalue weighted by Crippen LogP contribution is -2.68. The Hall–Kier alpha value is -1.83. The molecule has 5 rings (SSSR count). The van der Waals surface area contributed by atoms with Gasteiger partial charge in [0.25, 0.3) is 0 Å². The number of nitrogens with one attached hydrogen (secondary N) is 1. The fraction of sp³-hybridized carbons (Fsp3) is 0.880. The normalized spacial score (nSPS) is 36.5.